The number of imidazole rings is 1. The summed E-state index contributed by atoms with van der Waals surface area (Å²) in [6, 6.07) is 14.2. The molecule has 1 atom stereocenters. The van der Waals surface area contributed by atoms with Gasteiger partial charge in [0.15, 0.2) is 5.16 Å². The van der Waals surface area contributed by atoms with Crippen molar-refractivity contribution in [2.45, 2.75) is 42.8 Å². The number of nitrogens with two attached hydrogens (primary N) is 1. The van der Waals surface area contributed by atoms with E-state index in [1.807, 2.05) is 17.7 Å². The van der Waals surface area contributed by atoms with Crippen molar-refractivity contribution < 1.29 is 13.2 Å². The van der Waals surface area contributed by atoms with Gasteiger partial charge in [0.1, 0.15) is 0 Å². The minimum absolute atomic E-state index is 0.0404. The van der Waals surface area contributed by atoms with E-state index in [9.17, 15) is 13.2 Å². The Hall–Kier alpha value is -2.62. The maximum atomic E-state index is 12.4. The molecule has 0 aliphatic heterocycles. The summed E-state index contributed by atoms with van der Waals surface area (Å²) in [5, 5.41) is 8.77. The SMILES string of the molecule is CC(C)c1ccc(-n2ccnc2SCC(=O)N[C@@H](C)c2ccc(S(N)(=O)=O)cc2)cc1. The van der Waals surface area contributed by atoms with Crippen LogP contribution in [0.1, 0.15) is 43.9 Å². The number of primary sulfonamides is 1. The van der Waals surface area contributed by atoms with E-state index in [0.717, 1.165) is 16.4 Å². The fraction of sp³-hybridized carbons (Fsp3) is 0.273. The van der Waals surface area contributed by atoms with Crippen molar-refractivity contribution in [1.82, 2.24) is 14.9 Å². The molecular weight excluding hydrogens is 432 g/mol. The second kappa shape index (κ2) is 9.67. The summed E-state index contributed by atoms with van der Waals surface area (Å²) in [4.78, 5) is 16.8. The van der Waals surface area contributed by atoms with Gasteiger partial charge in [-0.1, -0.05) is 49.9 Å². The number of rotatable bonds is 8. The van der Waals surface area contributed by atoms with Crippen LogP contribution in [0, 0.1) is 0 Å². The van der Waals surface area contributed by atoms with Crippen molar-refractivity contribution in [2.24, 2.45) is 5.14 Å². The molecule has 7 nitrogen and oxygen atoms in total. The quantitative estimate of drug-likeness (QED) is 0.502. The molecule has 0 radical (unpaired) electrons. The van der Waals surface area contributed by atoms with Gasteiger partial charge < -0.3 is 5.32 Å². The number of sulfonamides is 1. The number of aromatic nitrogens is 2. The maximum Gasteiger partial charge on any atom is 0.238 e. The van der Waals surface area contributed by atoms with Crippen molar-refractivity contribution in [3.8, 4) is 5.69 Å². The number of benzene rings is 2. The Bertz CT molecular complexity index is 1140. The van der Waals surface area contributed by atoms with Crippen LogP contribution in [-0.2, 0) is 14.8 Å². The lowest BCUT2D eigenvalue weighted by molar-refractivity contribution is -0.119. The second-order valence-corrected chi connectivity index (χ2v) is 10.0. The molecule has 0 bridgehead atoms. The van der Waals surface area contributed by atoms with Gasteiger partial charge in [0, 0.05) is 18.1 Å². The summed E-state index contributed by atoms with van der Waals surface area (Å²) >= 11 is 1.35. The minimum Gasteiger partial charge on any atom is -0.349 e. The summed E-state index contributed by atoms with van der Waals surface area (Å²) in [5.74, 6) is 0.533. The third-order valence-corrected chi connectivity index (χ3v) is 6.76. The molecule has 0 aliphatic carbocycles. The monoisotopic (exact) mass is 458 g/mol. The van der Waals surface area contributed by atoms with Crippen molar-refractivity contribution >= 4 is 27.7 Å². The molecule has 0 aliphatic rings. The van der Waals surface area contributed by atoms with E-state index in [-0.39, 0.29) is 22.6 Å². The first-order valence-electron chi connectivity index (χ1n) is 9.83. The highest BCUT2D eigenvalue weighted by molar-refractivity contribution is 7.99. The number of nitrogens with one attached hydrogen (secondary N) is 1. The van der Waals surface area contributed by atoms with Crippen LogP contribution in [0.25, 0.3) is 5.69 Å². The van der Waals surface area contributed by atoms with E-state index < -0.39 is 10.0 Å². The highest BCUT2D eigenvalue weighted by Gasteiger charge is 2.14. The lowest BCUT2D eigenvalue weighted by Crippen LogP contribution is -2.28. The van der Waals surface area contributed by atoms with Crippen molar-refractivity contribution in [3.05, 3.63) is 72.1 Å². The number of hydrogen-bond acceptors (Lipinski definition) is 5. The molecule has 3 N–H and O–H groups in total. The van der Waals surface area contributed by atoms with Crippen LogP contribution in [-0.4, -0.2) is 29.6 Å². The molecule has 1 amide bonds. The first-order chi connectivity index (χ1) is 14.6. The predicted octanol–water partition coefficient (Wildman–Crippen LogP) is 3.61. The van der Waals surface area contributed by atoms with Crippen LogP contribution in [0.5, 0.6) is 0 Å². The first-order valence-corrected chi connectivity index (χ1v) is 12.4. The van der Waals surface area contributed by atoms with Gasteiger partial charge in [-0.05, 0) is 48.2 Å². The molecule has 9 heteroatoms. The van der Waals surface area contributed by atoms with Crippen molar-refractivity contribution in [1.29, 1.82) is 0 Å². The van der Waals surface area contributed by atoms with Crippen LogP contribution in [0.4, 0.5) is 0 Å². The summed E-state index contributed by atoms with van der Waals surface area (Å²) < 4.78 is 24.7. The van der Waals surface area contributed by atoms with Crippen LogP contribution >= 0.6 is 11.8 Å². The Labute approximate surface area is 187 Å². The fourth-order valence-electron chi connectivity index (χ4n) is 3.06. The summed E-state index contributed by atoms with van der Waals surface area (Å²) in [5.41, 5.74) is 3.05. The molecule has 1 heterocycles. The Morgan fingerprint density at radius 2 is 1.68 bits per heavy atom. The topological polar surface area (TPSA) is 107 Å². The van der Waals surface area contributed by atoms with Gasteiger partial charge in [-0.3, -0.25) is 9.36 Å². The van der Waals surface area contributed by atoms with Gasteiger partial charge in [-0.15, -0.1) is 0 Å². The maximum absolute atomic E-state index is 12.4. The standard InChI is InChI=1S/C22H26N4O3S2/c1-15(2)17-4-8-19(9-5-17)26-13-12-24-22(26)30-14-21(27)25-16(3)18-6-10-20(11-7-18)31(23,28)29/h4-13,15-16H,14H2,1-3H3,(H,25,27)(H2,23,28,29)/t16-/m0/s1. The summed E-state index contributed by atoms with van der Waals surface area (Å²) in [6.07, 6.45) is 3.59. The molecule has 1 aromatic heterocycles. The zero-order valence-corrected chi connectivity index (χ0v) is 19.3. The Morgan fingerprint density at radius 1 is 1.06 bits per heavy atom. The Balaban J connectivity index is 1.59. The van der Waals surface area contributed by atoms with Crippen molar-refractivity contribution in [2.75, 3.05) is 5.75 Å². The van der Waals surface area contributed by atoms with Gasteiger partial charge in [0.25, 0.3) is 0 Å². The smallest absolute Gasteiger partial charge is 0.238 e. The van der Waals surface area contributed by atoms with Crippen LogP contribution < -0.4 is 10.5 Å². The number of hydrogen-bond donors (Lipinski definition) is 2. The lowest BCUT2D eigenvalue weighted by Gasteiger charge is -2.15. The predicted molar refractivity (Wildman–Crippen MR) is 123 cm³/mol. The van der Waals surface area contributed by atoms with Crippen LogP contribution in [0.2, 0.25) is 0 Å². The highest BCUT2D eigenvalue weighted by Crippen LogP contribution is 2.23. The van der Waals surface area contributed by atoms with Gasteiger partial charge in [-0.25, -0.2) is 18.5 Å². The molecule has 2 aromatic carbocycles. The third kappa shape index (κ3) is 5.96. The zero-order valence-electron chi connectivity index (χ0n) is 17.6. The molecular formula is C22H26N4O3S2. The Kier molecular flexibility index (Phi) is 7.19. The molecule has 3 aromatic rings. The normalized spacial score (nSPS) is 12.7. The molecule has 31 heavy (non-hydrogen) atoms. The van der Waals surface area contributed by atoms with Gasteiger partial charge in [0.2, 0.25) is 15.9 Å². The molecule has 0 saturated carbocycles. The summed E-state index contributed by atoms with van der Waals surface area (Å²) in [6.45, 7) is 6.15. The largest absolute Gasteiger partial charge is 0.349 e. The van der Waals surface area contributed by atoms with E-state index in [1.165, 1.54) is 29.5 Å². The fourth-order valence-corrected chi connectivity index (χ4v) is 4.36. The molecule has 0 unspecified atom stereocenters. The summed E-state index contributed by atoms with van der Waals surface area (Å²) in [7, 11) is -3.74. The average Bonchev–Trinajstić information content (AvgIpc) is 3.20. The average molecular weight is 459 g/mol. The number of thioether (sulfide) groups is 1. The minimum atomic E-state index is -3.74. The number of nitrogens with zero attached hydrogens (tertiary/aromatic N) is 2. The first kappa shape index (κ1) is 23.1. The lowest BCUT2D eigenvalue weighted by atomic mass is 10.0. The van der Waals surface area contributed by atoms with Crippen LogP contribution in [0.15, 0.2) is 71.0 Å². The van der Waals surface area contributed by atoms with Gasteiger partial charge in [0.05, 0.1) is 16.7 Å². The molecule has 0 fully saturated rings. The molecule has 0 saturated heterocycles. The van der Waals surface area contributed by atoms with E-state index in [0.29, 0.717) is 5.92 Å². The highest BCUT2D eigenvalue weighted by atomic mass is 32.2. The molecule has 0 spiro atoms. The second-order valence-electron chi connectivity index (χ2n) is 7.52. The van der Waals surface area contributed by atoms with Gasteiger partial charge >= 0.3 is 0 Å². The molecule has 3 rings (SSSR count). The van der Waals surface area contributed by atoms with Crippen molar-refractivity contribution in [3.63, 3.8) is 0 Å². The van der Waals surface area contributed by atoms with Crippen LogP contribution in [0.3, 0.4) is 0 Å². The molecule has 164 valence electrons. The van der Waals surface area contributed by atoms with E-state index in [2.05, 4.69) is 48.4 Å². The third-order valence-electron chi connectivity index (χ3n) is 4.86. The van der Waals surface area contributed by atoms with E-state index in [4.69, 9.17) is 5.14 Å². The van der Waals surface area contributed by atoms with E-state index >= 15 is 0 Å². The van der Waals surface area contributed by atoms with Gasteiger partial charge in [-0.2, -0.15) is 0 Å². The number of carbonyl (C=O) groups is 1. The zero-order chi connectivity index (χ0) is 22.6. The number of amides is 1. The number of carbonyl (C=O) groups excluding carboxylic acids is 1. The Morgan fingerprint density at radius 3 is 2.26 bits per heavy atom. The van der Waals surface area contributed by atoms with E-state index in [1.54, 1.807) is 18.3 Å².